The van der Waals surface area contributed by atoms with E-state index in [4.69, 9.17) is 10.5 Å². The number of carbonyl (C=O) groups excluding carboxylic acids is 1. The van der Waals surface area contributed by atoms with Gasteiger partial charge in [0.1, 0.15) is 5.75 Å². The largest absolute Gasteiger partial charge is 0.497 e. The van der Waals surface area contributed by atoms with Crippen molar-refractivity contribution in [1.29, 1.82) is 0 Å². The van der Waals surface area contributed by atoms with Crippen molar-refractivity contribution in [1.82, 2.24) is 4.90 Å². The van der Waals surface area contributed by atoms with Gasteiger partial charge in [0.05, 0.1) is 25.0 Å². The first-order valence-electron chi connectivity index (χ1n) is 7.10. The van der Waals surface area contributed by atoms with Crippen LogP contribution in [0.25, 0.3) is 0 Å². The minimum Gasteiger partial charge on any atom is -0.497 e. The molecule has 0 saturated carbocycles. The van der Waals surface area contributed by atoms with Gasteiger partial charge in [0.2, 0.25) is 5.91 Å². The van der Waals surface area contributed by atoms with Crippen LogP contribution in [0.3, 0.4) is 0 Å². The van der Waals surface area contributed by atoms with Gasteiger partial charge in [0, 0.05) is 29.7 Å². The Kier molecular flexibility index (Phi) is 5.36. The van der Waals surface area contributed by atoms with Gasteiger partial charge in [0.25, 0.3) is 0 Å². The van der Waals surface area contributed by atoms with Crippen LogP contribution in [0.15, 0.2) is 18.2 Å². The predicted molar refractivity (Wildman–Crippen MR) is 89.0 cm³/mol. The third-order valence-electron chi connectivity index (χ3n) is 3.89. The van der Waals surface area contributed by atoms with E-state index in [2.05, 4.69) is 24.1 Å². The highest BCUT2D eigenvalue weighted by Crippen LogP contribution is 2.25. The van der Waals surface area contributed by atoms with E-state index in [1.165, 1.54) is 0 Å². The van der Waals surface area contributed by atoms with Crippen LogP contribution >= 0.6 is 11.8 Å². The molecule has 0 aliphatic carbocycles. The third kappa shape index (κ3) is 4.04. The third-order valence-corrected chi connectivity index (χ3v) is 5.23. The van der Waals surface area contributed by atoms with Crippen LogP contribution in [-0.4, -0.2) is 48.1 Å². The molecule has 1 amide bonds. The second-order valence-electron chi connectivity index (χ2n) is 5.29. The Morgan fingerprint density at radius 3 is 2.95 bits per heavy atom. The van der Waals surface area contributed by atoms with Gasteiger partial charge in [-0.05, 0) is 19.1 Å². The van der Waals surface area contributed by atoms with Crippen molar-refractivity contribution in [3.05, 3.63) is 18.2 Å². The standard InChI is InChI=1S/C15H23N3O2S/c1-10-11(2)21-7-6-18(10)9-15(19)17-14-5-4-12(20-3)8-13(14)16/h4-5,8,10-11H,6-7,9,16H2,1-3H3,(H,17,19). The van der Waals surface area contributed by atoms with Crippen molar-refractivity contribution in [3.8, 4) is 5.75 Å². The molecule has 116 valence electrons. The Labute approximate surface area is 130 Å². The van der Waals surface area contributed by atoms with Crippen molar-refractivity contribution in [2.24, 2.45) is 0 Å². The topological polar surface area (TPSA) is 67.6 Å². The summed E-state index contributed by atoms with van der Waals surface area (Å²) in [6.45, 7) is 5.73. The number of benzene rings is 1. The highest BCUT2D eigenvalue weighted by molar-refractivity contribution is 8.00. The molecule has 0 spiro atoms. The number of thioether (sulfide) groups is 1. The first-order valence-corrected chi connectivity index (χ1v) is 8.15. The lowest BCUT2D eigenvalue weighted by molar-refractivity contribution is -0.117. The van der Waals surface area contributed by atoms with E-state index >= 15 is 0 Å². The predicted octanol–water partition coefficient (Wildman–Crippen LogP) is 2.04. The monoisotopic (exact) mass is 309 g/mol. The quantitative estimate of drug-likeness (QED) is 0.833. The number of nitrogens with one attached hydrogen (secondary N) is 1. The van der Waals surface area contributed by atoms with E-state index in [-0.39, 0.29) is 5.91 Å². The second kappa shape index (κ2) is 7.04. The summed E-state index contributed by atoms with van der Waals surface area (Å²) >= 11 is 1.96. The molecule has 1 aromatic carbocycles. The number of nitrogens with zero attached hydrogens (tertiary/aromatic N) is 1. The number of nitrogens with two attached hydrogens (primary N) is 1. The molecule has 0 radical (unpaired) electrons. The molecule has 21 heavy (non-hydrogen) atoms. The lowest BCUT2D eigenvalue weighted by Gasteiger charge is -2.36. The Morgan fingerprint density at radius 2 is 2.29 bits per heavy atom. The number of carbonyl (C=O) groups is 1. The zero-order valence-corrected chi connectivity index (χ0v) is 13.6. The van der Waals surface area contributed by atoms with Gasteiger partial charge in [-0.2, -0.15) is 11.8 Å². The minimum absolute atomic E-state index is 0.0298. The molecule has 2 rings (SSSR count). The molecular weight excluding hydrogens is 286 g/mol. The maximum atomic E-state index is 12.2. The molecule has 1 aromatic rings. The average molecular weight is 309 g/mol. The zero-order chi connectivity index (χ0) is 15.4. The molecule has 1 aliphatic rings. The first kappa shape index (κ1) is 16.0. The van der Waals surface area contributed by atoms with Crippen LogP contribution in [0.5, 0.6) is 5.75 Å². The molecule has 5 nitrogen and oxygen atoms in total. The molecule has 1 aliphatic heterocycles. The van der Waals surface area contributed by atoms with E-state index < -0.39 is 0 Å². The number of hydrogen-bond donors (Lipinski definition) is 2. The molecule has 1 heterocycles. The maximum absolute atomic E-state index is 12.2. The molecule has 0 aromatic heterocycles. The molecule has 6 heteroatoms. The summed E-state index contributed by atoms with van der Waals surface area (Å²) in [5.74, 6) is 1.72. The van der Waals surface area contributed by atoms with Crippen LogP contribution in [0.2, 0.25) is 0 Å². The molecule has 3 N–H and O–H groups in total. The smallest absolute Gasteiger partial charge is 0.238 e. The zero-order valence-electron chi connectivity index (χ0n) is 12.8. The summed E-state index contributed by atoms with van der Waals surface area (Å²) in [4.78, 5) is 14.4. The molecular formula is C15H23N3O2S. The SMILES string of the molecule is COc1ccc(NC(=O)CN2CCSC(C)C2C)c(N)c1. The van der Waals surface area contributed by atoms with E-state index in [1.54, 1.807) is 25.3 Å². The van der Waals surface area contributed by atoms with Crippen molar-refractivity contribution < 1.29 is 9.53 Å². The first-order chi connectivity index (χ1) is 10.0. The van der Waals surface area contributed by atoms with Crippen molar-refractivity contribution >= 4 is 29.0 Å². The number of hydrogen-bond acceptors (Lipinski definition) is 5. The summed E-state index contributed by atoms with van der Waals surface area (Å²) in [6, 6.07) is 5.67. The van der Waals surface area contributed by atoms with E-state index in [9.17, 15) is 4.79 Å². The highest BCUT2D eigenvalue weighted by Gasteiger charge is 2.26. The number of anilines is 2. The second-order valence-corrected chi connectivity index (χ2v) is 6.77. The number of nitrogen functional groups attached to an aromatic ring is 1. The van der Waals surface area contributed by atoms with Crippen LogP contribution < -0.4 is 15.8 Å². The Bertz CT molecular complexity index is 510. The highest BCUT2D eigenvalue weighted by atomic mass is 32.2. The molecule has 2 atom stereocenters. The van der Waals surface area contributed by atoms with E-state index in [1.807, 2.05) is 11.8 Å². The summed E-state index contributed by atoms with van der Waals surface area (Å²) in [6.07, 6.45) is 0. The number of methoxy groups -OCH3 is 1. The van der Waals surface area contributed by atoms with Crippen LogP contribution in [0.1, 0.15) is 13.8 Å². The fraction of sp³-hybridized carbons (Fsp3) is 0.533. The van der Waals surface area contributed by atoms with E-state index in [0.717, 1.165) is 12.3 Å². The van der Waals surface area contributed by atoms with Gasteiger partial charge in [-0.15, -0.1) is 0 Å². The van der Waals surface area contributed by atoms with E-state index in [0.29, 0.717) is 35.0 Å². The average Bonchev–Trinajstić information content (AvgIpc) is 2.46. The summed E-state index contributed by atoms with van der Waals surface area (Å²) in [5, 5.41) is 3.43. The van der Waals surface area contributed by atoms with Crippen molar-refractivity contribution in [3.63, 3.8) is 0 Å². The number of amides is 1. The normalized spacial score (nSPS) is 22.8. The van der Waals surface area contributed by atoms with Gasteiger partial charge in [-0.25, -0.2) is 0 Å². The lowest BCUT2D eigenvalue weighted by atomic mass is 10.2. The number of rotatable bonds is 4. The Morgan fingerprint density at radius 1 is 1.52 bits per heavy atom. The fourth-order valence-corrected chi connectivity index (χ4v) is 3.54. The van der Waals surface area contributed by atoms with Crippen LogP contribution in [-0.2, 0) is 4.79 Å². The molecule has 0 bridgehead atoms. The Balaban J connectivity index is 1.95. The van der Waals surface area contributed by atoms with Crippen LogP contribution in [0.4, 0.5) is 11.4 Å². The van der Waals surface area contributed by atoms with Crippen molar-refractivity contribution in [2.75, 3.05) is 37.0 Å². The number of ether oxygens (including phenoxy) is 1. The molecule has 1 fully saturated rings. The van der Waals surface area contributed by atoms with Crippen molar-refractivity contribution in [2.45, 2.75) is 25.1 Å². The van der Waals surface area contributed by atoms with Gasteiger partial charge in [0.15, 0.2) is 0 Å². The van der Waals surface area contributed by atoms with Gasteiger partial charge < -0.3 is 15.8 Å². The fourth-order valence-electron chi connectivity index (χ4n) is 2.37. The Hall–Kier alpha value is -1.40. The van der Waals surface area contributed by atoms with Gasteiger partial charge in [-0.1, -0.05) is 6.92 Å². The lowest BCUT2D eigenvalue weighted by Crippen LogP contribution is -2.47. The summed E-state index contributed by atoms with van der Waals surface area (Å²) in [5.41, 5.74) is 7.06. The summed E-state index contributed by atoms with van der Waals surface area (Å²) < 4.78 is 5.10. The molecule has 2 unspecified atom stereocenters. The van der Waals surface area contributed by atoms with Gasteiger partial charge in [-0.3, -0.25) is 9.69 Å². The van der Waals surface area contributed by atoms with Gasteiger partial charge >= 0.3 is 0 Å². The minimum atomic E-state index is -0.0298. The summed E-state index contributed by atoms with van der Waals surface area (Å²) in [7, 11) is 1.59. The molecule has 1 saturated heterocycles. The maximum Gasteiger partial charge on any atom is 0.238 e. The van der Waals surface area contributed by atoms with Crippen LogP contribution in [0, 0.1) is 0 Å².